The van der Waals surface area contributed by atoms with Crippen LogP contribution < -0.4 is 0 Å². The zero-order chi connectivity index (χ0) is 19.1. The second-order valence-electron chi connectivity index (χ2n) is 7.35. The number of nitrogens with zero attached hydrogens (tertiary/aromatic N) is 1. The Bertz CT molecular complexity index is 1240. The summed E-state index contributed by atoms with van der Waals surface area (Å²) in [4.78, 5) is 0. The van der Waals surface area contributed by atoms with Crippen molar-refractivity contribution in [3.63, 3.8) is 0 Å². The Labute approximate surface area is 165 Å². The van der Waals surface area contributed by atoms with Crippen LogP contribution in [0.15, 0.2) is 84.9 Å². The normalized spacial score (nSPS) is 11.6. The van der Waals surface area contributed by atoms with Crippen LogP contribution in [0.25, 0.3) is 33.4 Å². The number of fused-ring (bicyclic) bond motifs is 3. The minimum atomic E-state index is 0.690. The third-order valence-electron chi connectivity index (χ3n) is 5.72. The van der Waals surface area contributed by atoms with Gasteiger partial charge in [-0.25, -0.2) is 0 Å². The zero-order valence-corrected chi connectivity index (χ0v) is 15.7. The van der Waals surface area contributed by atoms with Gasteiger partial charge in [0.15, 0.2) is 0 Å². The van der Waals surface area contributed by atoms with E-state index in [4.69, 9.17) is 5.26 Å². The van der Waals surface area contributed by atoms with Crippen molar-refractivity contribution >= 4 is 0 Å². The standard InChI is InChI=1S/C27H19N/c1-18-6-4-11-25(27(18)20-14-12-19(17-28)13-15-20)24-10-5-9-23-22-8-3-2-7-21(22)16-26(23)24/h2-15H,16H2,1H3. The van der Waals surface area contributed by atoms with E-state index in [2.05, 4.69) is 85.8 Å². The molecule has 0 spiro atoms. The summed E-state index contributed by atoms with van der Waals surface area (Å²) in [5.74, 6) is 0. The zero-order valence-electron chi connectivity index (χ0n) is 15.7. The van der Waals surface area contributed by atoms with E-state index in [1.165, 1.54) is 44.5 Å². The van der Waals surface area contributed by atoms with Crippen LogP contribution in [0, 0.1) is 18.3 Å². The first-order valence-electron chi connectivity index (χ1n) is 9.57. The molecule has 0 N–H and O–H groups in total. The molecule has 0 amide bonds. The monoisotopic (exact) mass is 357 g/mol. The van der Waals surface area contributed by atoms with E-state index in [0.29, 0.717) is 5.56 Å². The lowest BCUT2D eigenvalue weighted by molar-refractivity contribution is 1.26. The fourth-order valence-corrected chi connectivity index (χ4v) is 4.40. The molecule has 0 unspecified atom stereocenters. The molecule has 1 aliphatic rings. The van der Waals surface area contributed by atoms with Crippen molar-refractivity contribution in [2.45, 2.75) is 13.3 Å². The second-order valence-corrected chi connectivity index (χ2v) is 7.35. The molecule has 0 saturated carbocycles. The Hall–Kier alpha value is -3.63. The summed E-state index contributed by atoms with van der Waals surface area (Å²) in [7, 11) is 0. The second kappa shape index (κ2) is 6.51. The number of aryl methyl sites for hydroxylation is 1. The van der Waals surface area contributed by atoms with Gasteiger partial charge in [0.25, 0.3) is 0 Å². The highest BCUT2D eigenvalue weighted by molar-refractivity contribution is 5.91. The maximum atomic E-state index is 9.13. The third-order valence-corrected chi connectivity index (χ3v) is 5.72. The molecule has 0 bridgehead atoms. The highest BCUT2D eigenvalue weighted by Gasteiger charge is 2.22. The SMILES string of the molecule is Cc1cccc(-c2cccc3c2Cc2ccccc2-3)c1-c1ccc(C#N)cc1. The number of benzene rings is 4. The summed E-state index contributed by atoms with van der Waals surface area (Å²) < 4.78 is 0. The molecule has 5 rings (SSSR count). The van der Waals surface area contributed by atoms with Crippen LogP contribution in [0.4, 0.5) is 0 Å². The summed E-state index contributed by atoms with van der Waals surface area (Å²) >= 11 is 0. The minimum absolute atomic E-state index is 0.690. The molecule has 28 heavy (non-hydrogen) atoms. The van der Waals surface area contributed by atoms with Crippen molar-refractivity contribution < 1.29 is 0 Å². The molecule has 132 valence electrons. The van der Waals surface area contributed by atoms with E-state index in [1.807, 2.05) is 12.1 Å². The first-order valence-corrected chi connectivity index (χ1v) is 9.57. The Morgan fingerprint density at radius 2 is 1.32 bits per heavy atom. The Morgan fingerprint density at radius 3 is 2.11 bits per heavy atom. The fourth-order valence-electron chi connectivity index (χ4n) is 4.40. The van der Waals surface area contributed by atoms with Crippen molar-refractivity contribution in [3.8, 4) is 39.4 Å². The maximum Gasteiger partial charge on any atom is 0.0991 e. The van der Waals surface area contributed by atoms with E-state index in [9.17, 15) is 0 Å². The molecule has 0 heterocycles. The van der Waals surface area contributed by atoms with Gasteiger partial charge in [-0.1, -0.05) is 72.8 Å². The van der Waals surface area contributed by atoms with Crippen LogP contribution in [-0.4, -0.2) is 0 Å². The molecule has 1 heteroatoms. The van der Waals surface area contributed by atoms with E-state index >= 15 is 0 Å². The van der Waals surface area contributed by atoms with Crippen LogP contribution in [0.2, 0.25) is 0 Å². The van der Waals surface area contributed by atoms with Crippen LogP contribution in [0.5, 0.6) is 0 Å². The van der Waals surface area contributed by atoms with Gasteiger partial charge in [0, 0.05) is 0 Å². The van der Waals surface area contributed by atoms with Gasteiger partial charge in [-0.3, -0.25) is 0 Å². The van der Waals surface area contributed by atoms with Gasteiger partial charge in [-0.05, 0) is 75.5 Å². The van der Waals surface area contributed by atoms with Crippen molar-refractivity contribution in [1.82, 2.24) is 0 Å². The predicted octanol–water partition coefficient (Wildman–Crippen LogP) is 6.77. The van der Waals surface area contributed by atoms with E-state index in [1.54, 1.807) is 0 Å². The number of hydrogen-bond acceptors (Lipinski definition) is 1. The molecule has 0 atom stereocenters. The smallest absolute Gasteiger partial charge is 0.0991 e. The molecule has 1 aliphatic carbocycles. The first kappa shape index (κ1) is 16.5. The summed E-state index contributed by atoms with van der Waals surface area (Å²) in [5, 5.41) is 9.13. The third kappa shape index (κ3) is 2.54. The molecular formula is C27H19N. The Balaban J connectivity index is 1.72. The number of hydrogen-bond donors (Lipinski definition) is 0. The lowest BCUT2D eigenvalue weighted by atomic mass is 9.87. The van der Waals surface area contributed by atoms with Crippen molar-refractivity contribution in [2.75, 3.05) is 0 Å². The Kier molecular flexibility index (Phi) is 3.85. The quantitative estimate of drug-likeness (QED) is 0.342. The average molecular weight is 357 g/mol. The lowest BCUT2D eigenvalue weighted by Gasteiger charge is -2.16. The predicted molar refractivity (Wildman–Crippen MR) is 115 cm³/mol. The topological polar surface area (TPSA) is 23.8 Å². The van der Waals surface area contributed by atoms with Crippen LogP contribution in [0.3, 0.4) is 0 Å². The molecule has 4 aromatic rings. The van der Waals surface area contributed by atoms with Crippen molar-refractivity contribution in [3.05, 3.63) is 107 Å². The molecule has 0 aromatic heterocycles. The average Bonchev–Trinajstić information content (AvgIpc) is 3.12. The van der Waals surface area contributed by atoms with Crippen molar-refractivity contribution in [2.24, 2.45) is 0 Å². The Morgan fingerprint density at radius 1 is 0.679 bits per heavy atom. The van der Waals surface area contributed by atoms with E-state index < -0.39 is 0 Å². The lowest BCUT2D eigenvalue weighted by Crippen LogP contribution is -1.93. The van der Waals surface area contributed by atoms with Gasteiger partial charge >= 0.3 is 0 Å². The van der Waals surface area contributed by atoms with Crippen LogP contribution in [-0.2, 0) is 6.42 Å². The highest BCUT2D eigenvalue weighted by atomic mass is 14.3. The summed E-state index contributed by atoms with van der Waals surface area (Å²) in [6.45, 7) is 2.16. The van der Waals surface area contributed by atoms with Gasteiger partial charge in [0.05, 0.1) is 11.6 Å². The van der Waals surface area contributed by atoms with Gasteiger partial charge in [-0.2, -0.15) is 5.26 Å². The van der Waals surface area contributed by atoms with Gasteiger partial charge in [0.1, 0.15) is 0 Å². The van der Waals surface area contributed by atoms with Gasteiger partial charge in [-0.15, -0.1) is 0 Å². The summed E-state index contributed by atoms with van der Waals surface area (Å²) in [6.07, 6.45) is 0.975. The largest absolute Gasteiger partial charge is 0.192 e. The molecular weight excluding hydrogens is 338 g/mol. The molecule has 4 aromatic carbocycles. The fraction of sp³-hybridized carbons (Fsp3) is 0.0741. The van der Waals surface area contributed by atoms with E-state index in [-0.39, 0.29) is 0 Å². The van der Waals surface area contributed by atoms with Gasteiger partial charge in [0.2, 0.25) is 0 Å². The van der Waals surface area contributed by atoms with E-state index in [0.717, 1.165) is 12.0 Å². The van der Waals surface area contributed by atoms with Gasteiger partial charge < -0.3 is 0 Å². The van der Waals surface area contributed by atoms with Crippen molar-refractivity contribution in [1.29, 1.82) is 5.26 Å². The molecule has 0 radical (unpaired) electrons. The first-order chi connectivity index (χ1) is 13.8. The molecule has 0 aliphatic heterocycles. The maximum absolute atomic E-state index is 9.13. The minimum Gasteiger partial charge on any atom is -0.192 e. The summed E-state index contributed by atoms with van der Waals surface area (Å²) in [5.41, 5.74) is 12.4. The number of nitriles is 1. The summed E-state index contributed by atoms with van der Waals surface area (Å²) in [6, 6.07) is 32.0. The number of rotatable bonds is 2. The highest BCUT2D eigenvalue weighted by Crippen LogP contribution is 2.44. The van der Waals surface area contributed by atoms with Crippen LogP contribution in [0.1, 0.15) is 22.3 Å². The van der Waals surface area contributed by atoms with Crippen LogP contribution >= 0.6 is 0 Å². The molecule has 1 nitrogen and oxygen atoms in total. The molecule has 0 fully saturated rings. The molecule has 0 saturated heterocycles.